The number of rotatable bonds is 1. The van der Waals surface area contributed by atoms with Crippen LogP contribution >= 0.6 is 0 Å². The fourth-order valence-corrected chi connectivity index (χ4v) is 2.55. The smallest absolute Gasteiger partial charge is 0.138 e. The number of fused-ring (bicyclic) bond motifs is 1. The molecule has 1 aromatic heterocycles. The van der Waals surface area contributed by atoms with Crippen molar-refractivity contribution in [2.24, 2.45) is 5.92 Å². The molecule has 0 amide bonds. The molecule has 82 valence electrons. The summed E-state index contributed by atoms with van der Waals surface area (Å²) in [4.78, 5) is 0. The van der Waals surface area contributed by atoms with Gasteiger partial charge in [-0.05, 0) is 18.8 Å². The maximum absolute atomic E-state index is 5.42. The van der Waals surface area contributed by atoms with Gasteiger partial charge in [-0.1, -0.05) is 6.92 Å². The third kappa shape index (κ3) is 1.57. The van der Waals surface area contributed by atoms with Gasteiger partial charge in [0, 0.05) is 25.5 Å². The molecule has 1 aromatic rings. The van der Waals surface area contributed by atoms with Crippen LogP contribution in [0.15, 0.2) is 0 Å². The van der Waals surface area contributed by atoms with E-state index in [-0.39, 0.29) is 0 Å². The van der Waals surface area contributed by atoms with Crippen molar-refractivity contribution in [1.82, 2.24) is 14.8 Å². The van der Waals surface area contributed by atoms with Gasteiger partial charge in [0.15, 0.2) is 0 Å². The zero-order chi connectivity index (χ0) is 10.3. The molecule has 0 saturated carbocycles. The molecule has 0 aliphatic carbocycles. The highest BCUT2D eigenvalue weighted by atomic mass is 16.5. The van der Waals surface area contributed by atoms with Crippen LogP contribution in [0.1, 0.15) is 37.3 Å². The summed E-state index contributed by atoms with van der Waals surface area (Å²) in [5.41, 5.74) is 0. The van der Waals surface area contributed by atoms with Crippen molar-refractivity contribution in [3.63, 3.8) is 0 Å². The van der Waals surface area contributed by atoms with Crippen molar-refractivity contribution in [3.05, 3.63) is 11.6 Å². The van der Waals surface area contributed by atoms with Crippen molar-refractivity contribution in [2.75, 3.05) is 13.2 Å². The first-order valence-electron chi connectivity index (χ1n) is 5.84. The largest absolute Gasteiger partial charge is 0.381 e. The van der Waals surface area contributed by atoms with Crippen LogP contribution in [0.25, 0.3) is 0 Å². The van der Waals surface area contributed by atoms with Gasteiger partial charge >= 0.3 is 0 Å². The molecule has 2 atom stereocenters. The van der Waals surface area contributed by atoms with Gasteiger partial charge < -0.3 is 9.30 Å². The summed E-state index contributed by atoms with van der Waals surface area (Å²) in [7, 11) is 0. The van der Waals surface area contributed by atoms with E-state index >= 15 is 0 Å². The van der Waals surface area contributed by atoms with E-state index in [1.807, 2.05) is 0 Å². The van der Waals surface area contributed by atoms with Crippen LogP contribution in [0.5, 0.6) is 0 Å². The Labute approximate surface area is 89.6 Å². The molecule has 15 heavy (non-hydrogen) atoms. The van der Waals surface area contributed by atoms with Gasteiger partial charge in [0.25, 0.3) is 0 Å². The minimum absolute atomic E-state index is 0.483. The molecule has 0 radical (unpaired) electrons. The van der Waals surface area contributed by atoms with E-state index in [0.29, 0.717) is 5.92 Å². The number of hydrogen-bond donors (Lipinski definition) is 0. The molecule has 0 bridgehead atoms. The standard InChI is InChI=1S/C11H17N3O/c1-8-2-3-10-12-13-11(14(10)6-8)9-4-5-15-7-9/h8-9H,2-7H2,1H3. The van der Waals surface area contributed by atoms with E-state index < -0.39 is 0 Å². The fraction of sp³-hybridized carbons (Fsp3) is 0.818. The lowest BCUT2D eigenvalue weighted by atomic mass is 10.0. The van der Waals surface area contributed by atoms with Crippen molar-refractivity contribution >= 4 is 0 Å². The Balaban J connectivity index is 1.92. The predicted octanol–water partition coefficient (Wildman–Crippen LogP) is 1.36. The summed E-state index contributed by atoms with van der Waals surface area (Å²) >= 11 is 0. The first-order chi connectivity index (χ1) is 7.34. The topological polar surface area (TPSA) is 39.9 Å². The molecule has 1 saturated heterocycles. The molecule has 0 N–H and O–H groups in total. The molecule has 0 spiro atoms. The molecule has 1 fully saturated rings. The average Bonchev–Trinajstić information content (AvgIpc) is 2.83. The van der Waals surface area contributed by atoms with Gasteiger partial charge in [0.2, 0.25) is 0 Å². The van der Waals surface area contributed by atoms with Crippen molar-refractivity contribution in [1.29, 1.82) is 0 Å². The van der Waals surface area contributed by atoms with Crippen LogP contribution in [-0.2, 0) is 17.7 Å². The van der Waals surface area contributed by atoms with Gasteiger partial charge in [-0.3, -0.25) is 0 Å². The van der Waals surface area contributed by atoms with E-state index in [4.69, 9.17) is 4.74 Å². The van der Waals surface area contributed by atoms with Gasteiger partial charge in [0.1, 0.15) is 11.6 Å². The second kappa shape index (κ2) is 3.59. The van der Waals surface area contributed by atoms with E-state index in [0.717, 1.165) is 44.3 Å². The summed E-state index contributed by atoms with van der Waals surface area (Å²) in [6.45, 7) is 5.10. The van der Waals surface area contributed by atoms with Gasteiger partial charge in [-0.25, -0.2) is 0 Å². The molecule has 3 rings (SSSR count). The predicted molar refractivity (Wildman–Crippen MR) is 55.7 cm³/mol. The molecule has 2 aliphatic heterocycles. The van der Waals surface area contributed by atoms with Crippen LogP contribution in [0.2, 0.25) is 0 Å². The molecule has 4 nitrogen and oxygen atoms in total. The zero-order valence-electron chi connectivity index (χ0n) is 9.15. The van der Waals surface area contributed by atoms with Crippen LogP contribution in [-0.4, -0.2) is 28.0 Å². The number of nitrogens with zero attached hydrogens (tertiary/aromatic N) is 3. The lowest BCUT2D eigenvalue weighted by Crippen LogP contribution is -2.21. The Morgan fingerprint density at radius 2 is 2.27 bits per heavy atom. The molecule has 2 unspecified atom stereocenters. The maximum atomic E-state index is 5.42. The molecular weight excluding hydrogens is 190 g/mol. The SMILES string of the molecule is CC1CCc2nnc(C3CCOC3)n2C1. The molecule has 3 heterocycles. The van der Waals surface area contributed by atoms with Crippen LogP contribution in [0.4, 0.5) is 0 Å². The van der Waals surface area contributed by atoms with Gasteiger partial charge in [-0.2, -0.15) is 0 Å². The van der Waals surface area contributed by atoms with E-state index in [1.54, 1.807) is 0 Å². The third-order valence-corrected chi connectivity index (χ3v) is 3.51. The minimum atomic E-state index is 0.483. The third-order valence-electron chi connectivity index (χ3n) is 3.51. The monoisotopic (exact) mass is 207 g/mol. The Morgan fingerprint density at radius 1 is 1.33 bits per heavy atom. The second-order valence-corrected chi connectivity index (χ2v) is 4.79. The number of ether oxygens (including phenoxy) is 1. The van der Waals surface area contributed by atoms with Gasteiger partial charge in [-0.15, -0.1) is 10.2 Å². The first kappa shape index (κ1) is 9.33. The summed E-state index contributed by atoms with van der Waals surface area (Å²) < 4.78 is 7.74. The number of hydrogen-bond acceptors (Lipinski definition) is 3. The van der Waals surface area contributed by atoms with Crippen LogP contribution < -0.4 is 0 Å². The highest BCUT2D eigenvalue weighted by molar-refractivity contribution is 5.06. The second-order valence-electron chi connectivity index (χ2n) is 4.79. The van der Waals surface area contributed by atoms with E-state index in [2.05, 4.69) is 21.7 Å². The summed E-state index contributed by atoms with van der Waals surface area (Å²) in [5, 5.41) is 8.64. The van der Waals surface area contributed by atoms with E-state index in [9.17, 15) is 0 Å². The van der Waals surface area contributed by atoms with Crippen LogP contribution in [0, 0.1) is 5.92 Å². The Hall–Kier alpha value is -0.900. The fourth-order valence-electron chi connectivity index (χ4n) is 2.55. The highest BCUT2D eigenvalue weighted by Gasteiger charge is 2.27. The zero-order valence-corrected chi connectivity index (χ0v) is 9.15. The molecular formula is C11H17N3O. The lowest BCUT2D eigenvalue weighted by molar-refractivity contribution is 0.192. The molecule has 2 aliphatic rings. The van der Waals surface area contributed by atoms with Crippen molar-refractivity contribution < 1.29 is 4.74 Å². The Morgan fingerprint density at radius 3 is 3.07 bits per heavy atom. The van der Waals surface area contributed by atoms with Crippen LogP contribution in [0.3, 0.4) is 0 Å². The summed E-state index contributed by atoms with van der Waals surface area (Å²) in [6, 6.07) is 0. The quantitative estimate of drug-likeness (QED) is 0.698. The van der Waals surface area contributed by atoms with E-state index in [1.165, 1.54) is 12.2 Å². The number of aryl methyl sites for hydroxylation is 1. The minimum Gasteiger partial charge on any atom is -0.381 e. The Bertz CT molecular complexity index is 355. The average molecular weight is 207 g/mol. The lowest BCUT2D eigenvalue weighted by Gasteiger charge is -2.22. The number of aromatic nitrogens is 3. The summed E-state index contributed by atoms with van der Waals surface area (Å²) in [5.74, 6) is 3.58. The summed E-state index contributed by atoms with van der Waals surface area (Å²) in [6.07, 6.45) is 3.44. The Kier molecular flexibility index (Phi) is 2.24. The molecule has 4 heteroatoms. The van der Waals surface area contributed by atoms with Gasteiger partial charge in [0.05, 0.1) is 6.61 Å². The maximum Gasteiger partial charge on any atom is 0.138 e. The highest BCUT2D eigenvalue weighted by Crippen LogP contribution is 2.27. The molecule has 0 aromatic carbocycles. The normalized spacial score (nSPS) is 30.5. The van der Waals surface area contributed by atoms with Crippen molar-refractivity contribution in [3.8, 4) is 0 Å². The van der Waals surface area contributed by atoms with Crippen molar-refractivity contribution in [2.45, 2.75) is 38.6 Å². The first-order valence-corrected chi connectivity index (χ1v) is 5.84.